The third-order valence-corrected chi connectivity index (χ3v) is 9.69. The van der Waals surface area contributed by atoms with Crippen molar-refractivity contribution in [3.63, 3.8) is 0 Å². The van der Waals surface area contributed by atoms with Crippen LogP contribution in [0.15, 0.2) is 23.8 Å². The minimum Gasteiger partial charge on any atom is -0.390 e. The Morgan fingerprint density at radius 3 is 2.54 bits per heavy atom. The summed E-state index contributed by atoms with van der Waals surface area (Å²) < 4.78 is 70.8. The second-order valence-electron chi connectivity index (χ2n) is 10.3. The van der Waals surface area contributed by atoms with E-state index in [-0.39, 0.29) is 22.9 Å². The van der Waals surface area contributed by atoms with E-state index in [4.69, 9.17) is 34.5 Å². The van der Waals surface area contributed by atoms with Gasteiger partial charge in [0.1, 0.15) is 36.4 Å². The SMILES string of the molecule is Nc1nc2c(ncn2[C@@H]2O[C@H](COP=O)[C@@H](O[P@](=O)(S)OC[C@H]3O[C@@H](n4cnc5c(N)ncnc54)[C@H](CCS)[C@@H]3O)[C@H]2F)c(=O)[nH]1. The quantitative estimate of drug-likeness (QED) is 0.0888. The highest BCUT2D eigenvalue weighted by Crippen LogP contribution is 2.57. The fourth-order valence-electron chi connectivity index (χ4n) is 5.50. The standard InChI is InChI=1S/C22H27FN10O9P2S2/c23-11-15(10(3-38-43-36)41-21(11)33-7-29-13-18(33)30-22(25)31-19(13)35)42-44(37,46)39-4-9-14(34)8(1-2-45)20(40-9)32-6-28-12-16(24)26-5-27-17(12)32/h5-11,14-15,20-21,34,45H,1-4H2,(H,37,46)(H2,24,26,27)(H3,25,30,31,35)/t8-,9-,10-,11-,14+,15-,20-,21-,44-/m1/s1. The largest absolute Gasteiger partial charge is 0.390 e. The van der Waals surface area contributed by atoms with E-state index in [0.717, 1.165) is 10.9 Å². The number of nitrogens with zero attached hydrogens (tertiary/aromatic N) is 7. The summed E-state index contributed by atoms with van der Waals surface area (Å²) in [4.78, 5) is 34.8. The number of nitrogens with two attached hydrogens (primary N) is 2. The van der Waals surface area contributed by atoms with Crippen molar-refractivity contribution in [2.24, 2.45) is 5.92 Å². The molecule has 248 valence electrons. The molecule has 2 saturated heterocycles. The molecule has 0 aromatic carbocycles. The number of hydrogen-bond acceptors (Lipinski definition) is 17. The van der Waals surface area contributed by atoms with Crippen molar-refractivity contribution in [3.8, 4) is 0 Å². The number of halogens is 1. The highest BCUT2D eigenvalue weighted by molar-refractivity contribution is 8.44. The van der Waals surface area contributed by atoms with Gasteiger partial charge in [-0.25, -0.2) is 33.5 Å². The summed E-state index contributed by atoms with van der Waals surface area (Å²) in [6.07, 6.45) is -5.14. The molecule has 4 aromatic heterocycles. The minimum atomic E-state index is -4.39. The Morgan fingerprint density at radius 2 is 1.80 bits per heavy atom. The second kappa shape index (κ2) is 13.4. The summed E-state index contributed by atoms with van der Waals surface area (Å²) in [5.41, 5.74) is 11.4. The van der Waals surface area contributed by atoms with Gasteiger partial charge in [0.2, 0.25) is 5.95 Å². The summed E-state index contributed by atoms with van der Waals surface area (Å²) in [7, 11) is -0.729. The lowest BCUT2D eigenvalue weighted by atomic mass is 9.97. The number of imidazole rings is 2. The van der Waals surface area contributed by atoms with Gasteiger partial charge in [-0.3, -0.25) is 32.5 Å². The first-order valence-electron chi connectivity index (χ1n) is 13.5. The highest BCUT2D eigenvalue weighted by atomic mass is 32.7. The summed E-state index contributed by atoms with van der Waals surface area (Å²) >= 11 is 8.33. The summed E-state index contributed by atoms with van der Waals surface area (Å²) in [6.45, 7) is -5.32. The van der Waals surface area contributed by atoms with Crippen LogP contribution in [-0.2, 0) is 32.2 Å². The zero-order chi connectivity index (χ0) is 32.7. The lowest BCUT2D eigenvalue weighted by Crippen LogP contribution is -2.34. The van der Waals surface area contributed by atoms with Crippen molar-refractivity contribution in [1.29, 1.82) is 0 Å². The molecule has 0 aliphatic carbocycles. The van der Waals surface area contributed by atoms with Crippen molar-refractivity contribution in [1.82, 2.24) is 39.0 Å². The number of aliphatic hydroxyl groups excluding tert-OH is 1. The average molecular weight is 721 g/mol. The Hall–Kier alpha value is -2.78. The van der Waals surface area contributed by atoms with Gasteiger partial charge in [-0.05, 0) is 12.2 Å². The van der Waals surface area contributed by atoms with Gasteiger partial charge >= 0.3 is 15.5 Å². The van der Waals surface area contributed by atoms with E-state index in [1.807, 2.05) is 0 Å². The van der Waals surface area contributed by atoms with E-state index >= 15 is 4.39 Å². The molecule has 6 heterocycles. The lowest BCUT2D eigenvalue weighted by Gasteiger charge is -2.24. The van der Waals surface area contributed by atoms with Crippen molar-refractivity contribution < 1.29 is 41.7 Å². The monoisotopic (exact) mass is 720 g/mol. The highest BCUT2D eigenvalue weighted by Gasteiger charge is 2.51. The number of aromatic amines is 1. The van der Waals surface area contributed by atoms with E-state index in [1.165, 1.54) is 12.7 Å². The van der Waals surface area contributed by atoms with Gasteiger partial charge in [0.05, 0.1) is 32.0 Å². The molecule has 0 unspecified atom stereocenters. The zero-order valence-corrected chi connectivity index (χ0v) is 26.9. The molecule has 2 fully saturated rings. The molecule has 6 rings (SSSR count). The Bertz CT molecular complexity index is 1850. The molecule has 0 saturated carbocycles. The van der Waals surface area contributed by atoms with Crippen LogP contribution in [0.4, 0.5) is 16.2 Å². The molecule has 0 spiro atoms. The predicted molar refractivity (Wildman–Crippen MR) is 164 cm³/mol. The first kappa shape index (κ1) is 33.1. The zero-order valence-electron chi connectivity index (χ0n) is 23.3. The van der Waals surface area contributed by atoms with Gasteiger partial charge in [0, 0.05) is 5.92 Å². The van der Waals surface area contributed by atoms with Crippen LogP contribution in [-0.4, -0.2) is 93.7 Å². The molecule has 6 N–H and O–H groups in total. The normalized spacial score (nSPS) is 29.7. The van der Waals surface area contributed by atoms with Crippen LogP contribution >= 0.6 is 40.4 Å². The summed E-state index contributed by atoms with van der Waals surface area (Å²) in [5, 5.41) is 11.1. The van der Waals surface area contributed by atoms with Crippen LogP contribution in [0.1, 0.15) is 18.9 Å². The van der Waals surface area contributed by atoms with Crippen LogP contribution < -0.4 is 17.0 Å². The van der Waals surface area contributed by atoms with Gasteiger partial charge in [-0.2, -0.15) is 17.6 Å². The molecular formula is C22H27FN10O9P2S2. The number of thiol groups is 2. The second-order valence-corrected chi connectivity index (χ2v) is 14.0. The van der Waals surface area contributed by atoms with Gasteiger partial charge in [-0.15, -0.1) is 0 Å². The molecule has 0 amide bonds. The van der Waals surface area contributed by atoms with E-state index in [0.29, 0.717) is 23.3 Å². The van der Waals surface area contributed by atoms with Crippen LogP contribution in [0.3, 0.4) is 0 Å². The molecule has 2 aliphatic heterocycles. The number of aliphatic hydroxyl groups is 1. The van der Waals surface area contributed by atoms with E-state index < -0.39 is 83.2 Å². The Morgan fingerprint density at radius 1 is 1.09 bits per heavy atom. The van der Waals surface area contributed by atoms with Crippen molar-refractivity contribution in [2.45, 2.75) is 49.5 Å². The number of fused-ring (bicyclic) bond motifs is 2. The molecule has 0 bridgehead atoms. The smallest absolute Gasteiger partial charge is 0.386 e. The van der Waals surface area contributed by atoms with Gasteiger partial charge in [0.15, 0.2) is 35.0 Å². The third kappa shape index (κ3) is 6.26. The maximum Gasteiger partial charge on any atom is 0.386 e. The number of rotatable bonds is 12. The van der Waals surface area contributed by atoms with Crippen molar-refractivity contribution in [3.05, 3.63) is 29.3 Å². The van der Waals surface area contributed by atoms with Crippen molar-refractivity contribution in [2.75, 3.05) is 30.4 Å². The molecule has 19 nitrogen and oxygen atoms in total. The summed E-state index contributed by atoms with van der Waals surface area (Å²) in [6, 6.07) is 0. The fourth-order valence-corrected chi connectivity index (χ4v) is 7.48. The minimum absolute atomic E-state index is 0.0843. The molecule has 9 atom stereocenters. The first-order chi connectivity index (χ1) is 22.0. The van der Waals surface area contributed by atoms with E-state index in [1.54, 1.807) is 4.57 Å². The number of anilines is 2. The number of ether oxygens (including phenoxy) is 2. The lowest BCUT2D eigenvalue weighted by molar-refractivity contribution is -0.0471. The summed E-state index contributed by atoms with van der Waals surface area (Å²) in [5.74, 6) is -0.179. The first-order valence-corrected chi connectivity index (χ1v) is 17.6. The fraction of sp³-hybridized carbons (Fsp3) is 0.545. The number of nitrogen functional groups attached to an aromatic ring is 2. The number of hydrogen-bond donors (Lipinski definition) is 6. The maximum atomic E-state index is 16.0. The number of H-pyrrole nitrogens is 1. The topological polar surface area (TPSA) is 260 Å². The van der Waals surface area contributed by atoms with Crippen molar-refractivity contribution >= 4 is 74.5 Å². The Balaban J connectivity index is 1.18. The van der Waals surface area contributed by atoms with Crippen LogP contribution in [0.5, 0.6) is 0 Å². The van der Waals surface area contributed by atoms with Crippen LogP contribution in [0.2, 0.25) is 0 Å². The molecule has 24 heteroatoms. The van der Waals surface area contributed by atoms with E-state index in [2.05, 4.69) is 54.8 Å². The number of aromatic nitrogens is 8. The number of nitrogens with one attached hydrogen (secondary N) is 1. The van der Waals surface area contributed by atoms with Crippen LogP contribution in [0.25, 0.3) is 22.3 Å². The van der Waals surface area contributed by atoms with Crippen LogP contribution in [0, 0.1) is 5.92 Å². The third-order valence-electron chi connectivity index (χ3n) is 7.56. The predicted octanol–water partition coefficient (Wildman–Crippen LogP) is 1.22. The molecule has 2 aliphatic rings. The van der Waals surface area contributed by atoms with E-state index in [9.17, 15) is 19.0 Å². The molecule has 46 heavy (non-hydrogen) atoms. The maximum absolute atomic E-state index is 16.0. The van der Waals surface area contributed by atoms with Gasteiger partial charge in [-0.1, -0.05) is 12.2 Å². The Labute approximate surface area is 269 Å². The molecular weight excluding hydrogens is 693 g/mol. The molecule has 4 aromatic rings. The molecule has 0 radical (unpaired) electrons. The average Bonchev–Trinajstić information content (AvgIpc) is 3.77. The number of alkyl halides is 1. The Kier molecular flexibility index (Phi) is 9.64. The van der Waals surface area contributed by atoms with Gasteiger partial charge < -0.3 is 26.0 Å². The van der Waals surface area contributed by atoms with Gasteiger partial charge in [0.25, 0.3) is 5.56 Å².